The van der Waals surface area contributed by atoms with E-state index < -0.39 is 0 Å². The van der Waals surface area contributed by atoms with Crippen LogP contribution < -0.4 is 10.2 Å². The normalized spacial score (nSPS) is 21.2. The van der Waals surface area contributed by atoms with Crippen molar-refractivity contribution in [1.82, 2.24) is 10.3 Å². The molecule has 0 radical (unpaired) electrons. The number of rotatable bonds is 5. The number of nitrogens with one attached hydrogen (secondary N) is 1. The third-order valence-electron chi connectivity index (χ3n) is 3.22. The first-order valence-corrected chi connectivity index (χ1v) is 7.48. The van der Waals surface area contributed by atoms with Crippen molar-refractivity contribution in [3.05, 3.63) is 11.1 Å². The molecule has 2 rings (SSSR count). The highest BCUT2D eigenvalue weighted by molar-refractivity contribution is 7.14. The van der Waals surface area contributed by atoms with Crippen LogP contribution in [0.15, 0.2) is 5.38 Å². The van der Waals surface area contributed by atoms with E-state index in [0.717, 1.165) is 18.7 Å². The van der Waals surface area contributed by atoms with Crippen molar-refractivity contribution in [2.24, 2.45) is 5.92 Å². The summed E-state index contributed by atoms with van der Waals surface area (Å²) in [6, 6.07) is 0.134. The summed E-state index contributed by atoms with van der Waals surface area (Å²) in [5.41, 5.74) is 0.883. The molecule has 2 atom stereocenters. The molecule has 0 aromatic carbocycles. The third-order valence-corrected chi connectivity index (χ3v) is 4.06. The standard InChI is InChI=1S/C13H19N3O2S/c1-4-5-14-9(3)10-7-19-13(15-10)16-11(17)6-8(2)12(16)18/h7-9,14H,4-6H2,1-3H3. The number of carbonyl (C=O) groups excluding carboxylic acids is 2. The second-order valence-electron chi connectivity index (χ2n) is 4.90. The van der Waals surface area contributed by atoms with Crippen molar-refractivity contribution in [1.29, 1.82) is 0 Å². The fourth-order valence-corrected chi connectivity index (χ4v) is 2.97. The van der Waals surface area contributed by atoms with Crippen LogP contribution in [0.3, 0.4) is 0 Å². The van der Waals surface area contributed by atoms with E-state index in [0.29, 0.717) is 5.13 Å². The van der Waals surface area contributed by atoms with E-state index in [2.05, 4.69) is 17.2 Å². The van der Waals surface area contributed by atoms with Gasteiger partial charge < -0.3 is 5.32 Å². The van der Waals surface area contributed by atoms with Crippen molar-refractivity contribution < 1.29 is 9.59 Å². The Balaban J connectivity index is 2.13. The van der Waals surface area contributed by atoms with Gasteiger partial charge >= 0.3 is 0 Å². The summed E-state index contributed by atoms with van der Waals surface area (Å²) in [6.45, 7) is 6.84. The van der Waals surface area contributed by atoms with Crippen LogP contribution in [0, 0.1) is 5.92 Å². The van der Waals surface area contributed by atoms with Gasteiger partial charge in [0.15, 0.2) is 5.13 Å². The first-order chi connectivity index (χ1) is 9.04. The summed E-state index contributed by atoms with van der Waals surface area (Å²) >= 11 is 1.35. The molecule has 1 saturated heterocycles. The molecule has 1 aliphatic heterocycles. The molecule has 0 saturated carbocycles. The number of carbonyl (C=O) groups is 2. The van der Waals surface area contributed by atoms with Crippen LogP contribution in [0.25, 0.3) is 0 Å². The molecule has 1 aromatic rings. The van der Waals surface area contributed by atoms with Gasteiger partial charge in [0.1, 0.15) is 0 Å². The molecule has 0 bridgehead atoms. The lowest BCUT2D eigenvalue weighted by Crippen LogP contribution is -2.30. The average molecular weight is 281 g/mol. The number of anilines is 1. The summed E-state index contributed by atoms with van der Waals surface area (Å²) in [4.78, 5) is 29.4. The zero-order valence-electron chi connectivity index (χ0n) is 11.5. The Morgan fingerprint density at radius 2 is 2.32 bits per heavy atom. The largest absolute Gasteiger partial charge is 0.309 e. The summed E-state index contributed by atoms with van der Waals surface area (Å²) < 4.78 is 0. The van der Waals surface area contributed by atoms with Gasteiger partial charge in [-0.1, -0.05) is 13.8 Å². The monoisotopic (exact) mass is 281 g/mol. The number of thiazole rings is 1. The number of hydrogen-bond donors (Lipinski definition) is 1. The summed E-state index contributed by atoms with van der Waals surface area (Å²) in [7, 11) is 0. The molecule has 1 aliphatic rings. The van der Waals surface area contributed by atoms with Crippen molar-refractivity contribution in [2.45, 2.75) is 39.7 Å². The third kappa shape index (κ3) is 2.84. The van der Waals surface area contributed by atoms with Gasteiger partial charge in [0.25, 0.3) is 0 Å². The van der Waals surface area contributed by atoms with E-state index in [9.17, 15) is 9.59 Å². The second-order valence-corrected chi connectivity index (χ2v) is 5.74. The number of hydrogen-bond acceptors (Lipinski definition) is 5. The Bertz CT molecular complexity index is 486. The van der Waals surface area contributed by atoms with Crippen LogP contribution in [0.4, 0.5) is 5.13 Å². The van der Waals surface area contributed by atoms with E-state index in [-0.39, 0.29) is 30.2 Å². The molecule has 104 valence electrons. The molecule has 5 nitrogen and oxygen atoms in total. The maximum absolute atomic E-state index is 11.9. The summed E-state index contributed by atoms with van der Waals surface area (Å²) in [5, 5.41) is 5.75. The number of amides is 2. The van der Waals surface area contributed by atoms with E-state index in [1.807, 2.05) is 12.3 Å². The minimum atomic E-state index is -0.226. The Hall–Kier alpha value is -1.27. The Morgan fingerprint density at radius 3 is 2.89 bits per heavy atom. The van der Waals surface area contributed by atoms with E-state index >= 15 is 0 Å². The molecule has 2 unspecified atom stereocenters. The van der Waals surface area contributed by atoms with Gasteiger partial charge in [0.2, 0.25) is 11.8 Å². The molecule has 6 heteroatoms. The fourth-order valence-electron chi connectivity index (χ4n) is 2.03. The zero-order chi connectivity index (χ0) is 14.0. The summed E-state index contributed by atoms with van der Waals surface area (Å²) in [5.74, 6) is -0.511. The topological polar surface area (TPSA) is 62.3 Å². The van der Waals surface area contributed by atoms with Gasteiger partial charge in [-0.2, -0.15) is 0 Å². The Kier molecular flexibility index (Phi) is 4.31. The molecule has 0 spiro atoms. The van der Waals surface area contributed by atoms with E-state index in [4.69, 9.17) is 0 Å². The molecule has 1 fully saturated rings. The Morgan fingerprint density at radius 1 is 1.58 bits per heavy atom. The first-order valence-electron chi connectivity index (χ1n) is 6.60. The quantitative estimate of drug-likeness (QED) is 0.840. The highest BCUT2D eigenvalue weighted by Gasteiger charge is 2.38. The van der Waals surface area contributed by atoms with Gasteiger partial charge in [-0.25, -0.2) is 9.88 Å². The predicted molar refractivity (Wildman–Crippen MR) is 75.1 cm³/mol. The van der Waals surface area contributed by atoms with Crippen LogP contribution in [-0.2, 0) is 9.59 Å². The average Bonchev–Trinajstić information content (AvgIpc) is 2.93. The van der Waals surface area contributed by atoms with Gasteiger partial charge in [-0.05, 0) is 19.9 Å². The van der Waals surface area contributed by atoms with Gasteiger partial charge in [0.05, 0.1) is 5.69 Å². The van der Waals surface area contributed by atoms with Crippen LogP contribution >= 0.6 is 11.3 Å². The van der Waals surface area contributed by atoms with Gasteiger partial charge in [-0.15, -0.1) is 11.3 Å². The van der Waals surface area contributed by atoms with Gasteiger partial charge in [-0.3, -0.25) is 9.59 Å². The minimum absolute atomic E-state index is 0.134. The van der Waals surface area contributed by atoms with Crippen molar-refractivity contribution >= 4 is 28.3 Å². The molecule has 2 heterocycles. The van der Waals surface area contributed by atoms with Crippen LogP contribution in [0.2, 0.25) is 0 Å². The first kappa shape index (κ1) is 14.1. The highest BCUT2D eigenvalue weighted by Crippen LogP contribution is 2.30. The Labute approximate surface area is 117 Å². The molecule has 0 aliphatic carbocycles. The van der Waals surface area contributed by atoms with E-state index in [1.165, 1.54) is 16.2 Å². The summed E-state index contributed by atoms with van der Waals surface area (Å²) in [6.07, 6.45) is 1.35. The molecule has 2 amide bonds. The maximum Gasteiger partial charge on any atom is 0.238 e. The van der Waals surface area contributed by atoms with E-state index in [1.54, 1.807) is 6.92 Å². The number of aromatic nitrogens is 1. The zero-order valence-corrected chi connectivity index (χ0v) is 12.3. The molecule has 1 aromatic heterocycles. The van der Waals surface area contributed by atoms with Crippen LogP contribution in [0.1, 0.15) is 45.3 Å². The molecular weight excluding hydrogens is 262 g/mol. The minimum Gasteiger partial charge on any atom is -0.309 e. The fraction of sp³-hybridized carbons (Fsp3) is 0.615. The van der Waals surface area contributed by atoms with Crippen LogP contribution in [-0.4, -0.2) is 23.3 Å². The highest BCUT2D eigenvalue weighted by atomic mass is 32.1. The van der Waals surface area contributed by atoms with Gasteiger partial charge in [0, 0.05) is 23.8 Å². The molecule has 19 heavy (non-hydrogen) atoms. The molecular formula is C13H19N3O2S. The van der Waals surface area contributed by atoms with Crippen LogP contribution in [0.5, 0.6) is 0 Å². The maximum atomic E-state index is 11.9. The number of nitrogens with zero attached hydrogens (tertiary/aromatic N) is 2. The molecule has 1 N–H and O–H groups in total. The lowest BCUT2D eigenvalue weighted by Gasteiger charge is -2.11. The van der Waals surface area contributed by atoms with Crippen molar-refractivity contribution in [3.8, 4) is 0 Å². The van der Waals surface area contributed by atoms with Crippen molar-refractivity contribution in [3.63, 3.8) is 0 Å². The second kappa shape index (κ2) is 5.79. The lowest BCUT2D eigenvalue weighted by atomic mass is 10.1. The van der Waals surface area contributed by atoms with Crippen molar-refractivity contribution in [2.75, 3.05) is 11.4 Å². The predicted octanol–water partition coefficient (Wildman–Crippen LogP) is 2.10. The lowest BCUT2D eigenvalue weighted by molar-refractivity contribution is -0.122. The number of imide groups is 1. The smallest absolute Gasteiger partial charge is 0.238 e. The SMILES string of the molecule is CCCNC(C)c1csc(N2C(=O)CC(C)C2=O)n1.